The summed E-state index contributed by atoms with van der Waals surface area (Å²) in [6.45, 7) is 6.81. The van der Waals surface area contributed by atoms with Crippen molar-refractivity contribution in [1.82, 2.24) is 14.6 Å². The highest BCUT2D eigenvalue weighted by Gasteiger charge is 2.31. The molecule has 9 heteroatoms. The van der Waals surface area contributed by atoms with Gasteiger partial charge in [0.15, 0.2) is 0 Å². The molecule has 0 aliphatic carbocycles. The summed E-state index contributed by atoms with van der Waals surface area (Å²) >= 11 is 1.08. The van der Waals surface area contributed by atoms with Gasteiger partial charge in [-0.3, -0.25) is 10.2 Å². The number of rotatable bonds is 7. The van der Waals surface area contributed by atoms with E-state index in [0.29, 0.717) is 16.1 Å². The van der Waals surface area contributed by atoms with Crippen molar-refractivity contribution < 1.29 is 9.90 Å². The van der Waals surface area contributed by atoms with E-state index in [1.807, 2.05) is 30.9 Å². The monoisotopic (exact) mass is 492 g/mol. The molecule has 2 aromatic carbocycles. The Bertz CT molecular complexity index is 1240. The van der Waals surface area contributed by atoms with Crippen molar-refractivity contribution in [2.24, 2.45) is 0 Å². The zero-order valence-corrected chi connectivity index (χ0v) is 21.5. The van der Waals surface area contributed by atoms with Crippen LogP contribution < -0.4 is 15.5 Å². The van der Waals surface area contributed by atoms with Crippen LogP contribution in [0.25, 0.3) is 0 Å². The Kier molecular flexibility index (Phi) is 7.09. The number of nitrogens with one attached hydrogen (secondary N) is 3. The lowest BCUT2D eigenvalue weighted by Crippen LogP contribution is -2.35. The molecule has 1 atom stereocenters. The van der Waals surface area contributed by atoms with Crippen molar-refractivity contribution in [2.75, 3.05) is 24.3 Å². The second-order valence-electron chi connectivity index (χ2n) is 9.52. The topological polar surface area (TPSA) is 105 Å². The van der Waals surface area contributed by atoms with Gasteiger partial charge >= 0.3 is 0 Å². The maximum absolute atomic E-state index is 13.4. The maximum atomic E-state index is 13.4. The fraction of sp³-hybridized carbons (Fsp3) is 0.346. The number of amides is 1. The molecule has 0 spiro atoms. The number of benzene rings is 2. The van der Waals surface area contributed by atoms with Gasteiger partial charge in [-0.15, -0.1) is 0 Å². The number of aromatic hydroxyl groups is 1. The van der Waals surface area contributed by atoms with Gasteiger partial charge in [-0.25, -0.2) is 0 Å². The Labute approximate surface area is 210 Å². The third-order valence-electron chi connectivity index (χ3n) is 5.82. The number of amidine groups is 1. The summed E-state index contributed by atoms with van der Waals surface area (Å²) in [7, 11) is 4.10. The molecular formula is C26H32N6O2S. The van der Waals surface area contributed by atoms with Crippen molar-refractivity contribution >= 4 is 39.7 Å². The van der Waals surface area contributed by atoms with E-state index >= 15 is 0 Å². The first-order chi connectivity index (χ1) is 16.6. The standard InChI is InChI=1S/C26H32N6O2S/c1-15(2)28-23(27)22-24(33)30-35-25(22)29-20-9-7-18(8-10-20)26(34)32-16(3)12-19-13-17(14-31(4)5)6-11-21(19)32/h6-11,13,15-16,29H,12,14H2,1-5H3,(H2,27,28)(H,30,33). The number of anilines is 3. The summed E-state index contributed by atoms with van der Waals surface area (Å²) in [6, 6.07) is 13.8. The minimum absolute atomic E-state index is 0.0257. The molecular weight excluding hydrogens is 460 g/mol. The predicted octanol–water partition coefficient (Wildman–Crippen LogP) is 4.57. The SMILES string of the molecule is CC(C)NC(=N)c1c(O)nsc1Nc1ccc(C(=O)N2c3ccc(CN(C)C)cc3CC2C)cc1. The van der Waals surface area contributed by atoms with Gasteiger partial charge in [0, 0.05) is 35.6 Å². The number of carbonyl (C=O) groups excluding carboxylic acids is 1. The largest absolute Gasteiger partial charge is 0.492 e. The molecule has 184 valence electrons. The summed E-state index contributed by atoms with van der Waals surface area (Å²) in [6.07, 6.45) is 0.843. The zero-order valence-electron chi connectivity index (χ0n) is 20.7. The molecule has 1 aliphatic rings. The van der Waals surface area contributed by atoms with E-state index in [0.717, 1.165) is 35.9 Å². The fourth-order valence-corrected chi connectivity index (χ4v) is 5.09. The van der Waals surface area contributed by atoms with Gasteiger partial charge in [0.05, 0.1) is 0 Å². The maximum Gasteiger partial charge on any atom is 0.258 e. The fourth-order valence-electron chi connectivity index (χ4n) is 4.38. The first-order valence-electron chi connectivity index (χ1n) is 11.6. The lowest BCUT2D eigenvalue weighted by Gasteiger charge is -2.23. The Morgan fingerprint density at radius 1 is 1.26 bits per heavy atom. The molecule has 1 amide bonds. The van der Waals surface area contributed by atoms with Crippen molar-refractivity contribution in [1.29, 1.82) is 5.41 Å². The quantitative estimate of drug-likeness (QED) is 0.285. The molecule has 4 rings (SSSR count). The van der Waals surface area contributed by atoms with Crippen molar-refractivity contribution in [3.8, 4) is 5.88 Å². The number of carbonyl (C=O) groups is 1. The molecule has 0 radical (unpaired) electrons. The Hall–Kier alpha value is -3.43. The van der Waals surface area contributed by atoms with Crippen LogP contribution in [-0.4, -0.2) is 52.3 Å². The number of hydrogen-bond acceptors (Lipinski definition) is 7. The van der Waals surface area contributed by atoms with E-state index in [-0.39, 0.29) is 29.7 Å². The Morgan fingerprint density at radius 2 is 1.97 bits per heavy atom. The predicted molar refractivity (Wildman–Crippen MR) is 142 cm³/mol. The van der Waals surface area contributed by atoms with Crippen LogP contribution in [-0.2, 0) is 13.0 Å². The third kappa shape index (κ3) is 5.31. The van der Waals surface area contributed by atoms with Crippen LogP contribution >= 0.6 is 11.5 Å². The molecule has 8 nitrogen and oxygen atoms in total. The molecule has 35 heavy (non-hydrogen) atoms. The van der Waals surface area contributed by atoms with Gasteiger partial charge in [-0.05, 0) is 94.3 Å². The van der Waals surface area contributed by atoms with E-state index in [4.69, 9.17) is 5.41 Å². The van der Waals surface area contributed by atoms with E-state index in [1.165, 1.54) is 11.1 Å². The normalized spacial score (nSPS) is 14.9. The first-order valence-corrected chi connectivity index (χ1v) is 12.4. The Morgan fingerprint density at radius 3 is 2.63 bits per heavy atom. The summed E-state index contributed by atoms with van der Waals surface area (Å²) in [5.74, 6) is -0.101. The highest BCUT2D eigenvalue weighted by Crippen LogP contribution is 2.35. The van der Waals surface area contributed by atoms with Crippen LogP contribution in [0, 0.1) is 5.41 Å². The van der Waals surface area contributed by atoms with Crippen LogP contribution in [0.2, 0.25) is 0 Å². The minimum atomic E-state index is -0.183. The number of hydrogen-bond donors (Lipinski definition) is 4. The van der Waals surface area contributed by atoms with Crippen LogP contribution in [0.5, 0.6) is 5.88 Å². The molecule has 1 aromatic heterocycles. The molecule has 2 heterocycles. The van der Waals surface area contributed by atoms with Gasteiger partial charge in [-0.1, -0.05) is 12.1 Å². The third-order valence-corrected chi connectivity index (χ3v) is 6.58. The van der Waals surface area contributed by atoms with Gasteiger partial charge in [0.25, 0.3) is 5.91 Å². The van der Waals surface area contributed by atoms with E-state index < -0.39 is 0 Å². The summed E-state index contributed by atoms with van der Waals surface area (Å²) in [4.78, 5) is 17.4. The number of fused-ring (bicyclic) bond motifs is 1. The lowest BCUT2D eigenvalue weighted by atomic mass is 10.1. The lowest BCUT2D eigenvalue weighted by molar-refractivity contribution is 0.0981. The molecule has 0 saturated carbocycles. The van der Waals surface area contributed by atoms with Crippen LogP contribution in [0.3, 0.4) is 0 Å². The minimum Gasteiger partial charge on any atom is -0.492 e. The summed E-state index contributed by atoms with van der Waals surface area (Å²) < 4.78 is 3.98. The van der Waals surface area contributed by atoms with Crippen LogP contribution in [0.4, 0.5) is 16.4 Å². The average Bonchev–Trinajstić information content (AvgIpc) is 3.31. The second-order valence-corrected chi connectivity index (χ2v) is 10.3. The number of nitrogens with zero attached hydrogens (tertiary/aromatic N) is 3. The Balaban J connectivity index is 1.51. The average molecular weight is 493 g/mol. The second kappa shape index (κ2) is 10.1. The molecule has 0 bridgehead atoms. The molecule has 0 saturated heterocycles. The van der Waals surface area contributed by atoms with Crippen molar-refractivity contribution in [3.63, 3.8) is 0 Å². The van der Waals surface area contributed by atoms with E-state index in [9.17, 15) is 9.90 Å². The van der Waals surface area contributed by atoms with Crippen LogP contribution in [0.1, 0.15) is 47.8 Å². The molecule has 1 unspecified atom stereocenters. The van der Waals surface area contributed by atoms with E-state index in [1.54, 1.807) is 12.1 Å². The molecule has 4 N–H and O–H groups in total. The van der Waals surface area contributed by atoms with Crippen molar-refractivity contribution in [2.45, 2.75) is 45.8 Å². The van der Waals surface area contributed by atoms with Gasteiger partial charge in [0.2, 0.25) is 5.88 Å². The van der Waals surface area contributed by atoms with Gasteiger partial charge in [0.1, 0.15) is 16.4 Å². The summed E-state index contributed by atoms with van der Waals surface area (Å²) in [5, 5.41) is 25.1. The van der Waals surface area contributed by atoms with Gasteiger partial charge in [-0.2, -0.15) is 4.37 Å². The van der Waals surface area contributed by atoms with E-state index in [2.05, 4.69) is 59.1 Å². The molecule has 3 aromatic rings. The zero-order chi connectivity index (χ0) is 25.3. The highest BCUT2D eigenvalue weighted by atomic mass is 32.1. The van der Waals surface area contributed by atoms with Gasteiger partial charge < -0.3 is 25.5 Å². The first kappa shape index (κ1) is 24.7. The molecule has 1 aliphatic heterocycles. The van der Waals surface area contributed by atoms with Crippen molar-refractivity contribution in [3.05, 3.63) is 64.7 Å². The molecule has 0 fully saturated rings. The van der Waals surface area contributed by atoms with Crippen LogP contribution in [0.15, 0.2) is 42.5 Å². The summed E-state index contributed by atoms with van der Waals surface area (Å²) in [5.41, 5.74) is 5.11. The highest BCUT2D eigenvalue weighted by molar-refractivity contribution is 7.11. The number of aromatic nitrogens is 1. The smallest absolute Gasteiger partial charge is 0.258 e.